The minimum absolute atomic E-state index is 0.0863. The highest BCUT2D eigenvalue weighted by Gasteiger charge is 2.37. The van der Waals surface area contributed by atoms with Crippen molar-refractivity contribution in [3.05, 3.63) is 34.7 Å². The summed E-state index contributed by atoms with van der Waals surface area (Å²) in [5.41, 5.74) is 0.628. The van der Waals surface area contributed by atoms with E-state index in [9.17, 15) is 19.5 Å². The van der Waals surface area contributed by atoms with Gasteiger partial charge in [0.25, 0.3) is 11.1 Å². The monoisotopic (exact) mass is 346 g/mol. The van der Waals surface area contributed by atoms with E-state index in [1.54, 1.807) is 23.1 Å². The number of thioether (sulfide) groups is 1. The summed E-state index contributed by atoms with van der Waals surface area (Å²) >= 11 is 0.817. The zero-order valence-electron chi connectivity index (χ0n) is 13.1. The van der Waals surface area contributed by atoms with Crippen molar-refractivity contribution < 1.29 is 19.5 Å². The van der Waals surface area contributed by atoms with Crippen LogP contribution < -0.4 is 0 Å². The Bertz CT molecular complexity index is 710. The van der Waals surface area contributed by atoms with Crippen LogP contribution in [0.25, 0.3) is 6.08 Å². The lowest BCUT2D eigenvalue weighted by molar-refractivity contribution is -0.136. The number of imide groups is 1. The second kappa shape index (κ2) is 7.09. The first-order valence-electron chi connectivity index (χ1n) is 7.87. The van der Waals surface area contributed by atoms with Crippen molar-refractivity contribution in [2.24, 2.45) is 0 Å². The molecule has 1 N–H and O–H groups in total. The highest BCUT2D eigenvalue weighted by atomic mass is 32.2. The Hall–Kier alpha value is -2.28. The number of rotatable bonds is 3. The molecule has 2 fully saturated rings. The van der Waals surface area contributed by atoms with Gasteiger partial charge in [0.1, 0.15) is 12.3 Å². The molecule has 2 aliphatic heterocycles. The summed E-state index contributed by atoms with van der Waals surface area (Å²) in [7, 11) is 0. The number of phenolic OH excluding ortho intramolecular Hbond substituents is 1. The first-order chi connectivity index (χ1) is 11.5. The van der Waals surface area contributed by atoms with Gasteiger partial charge in [-0.15, -0.1) is 0 Å². The Morgan fingerprint density at radius 2 is 1.96 bits per heavy atom. The SMILES string of the molecule is O=C(CN1C(=O)S/C(=C/c2cccc(O)c2)C1=O)N1CCCCC1. The summed E-state index contributed by atoms with van der Waals surface area (Å²) < 4.78 is 0. The van der Waals surface area contributed by atoms with Crippen LogP contribution in [0, 0.1) is 0 Å². The molecule has 3 amide bonds. The maximum Gasteiger partial charge on any atom is 0.294 e. The standard InChI is InChI=1S/C17H18N2O4S/c20-13-6-4-5-12(9-13)10-14-16(22)19(17(23)24-14)11-15(21)18-7-2-1-3-8-18/h4-6,9-10,20H,1-3,7-8,11H2/b14-10+. The molecule has 24 heavy (non-hydrogen) atoms. The van der Waals surface area contributed by atoms with Crippen LogP contribution in [0.5, 0.6) is 5.75 Å². The van der Waals surface area contributed by atoms with Crippen molar-refractivity contribution in [1.29, 1.82) is 0 Å². The highest BCUT2D eigenvalue weighted by molar-refractivity contribution is 8.18. The fourth-order valence-corrected chi connectivity index (χ4v) is 3.62. The van der Waals surface area contributed by atoms with Gasteiger partial charge in [-0.3, -0.25) is 19.3 Å². The number of nitrogens with zero attached hydrogens (tertiary/aromatic N) is 2. The molecule has 0 radical (unpaired) electrons. The van der Waals surface area contributed by atoms with Gasteiger partial charge < -0.3 is 10.0 Å². The third kappa shape index (κ3) is 3.62. The lowest BCUT2D eigenvalue weighted by atomic mass is 10.1. The van der Waals surface area contributed by atoms with Gasteiger partial charge in [0.15, 0.2) is 0 Å². The van der Waals surface area contributed by atoms with Gasteiger partial charge in [-0.25, -0.2) is 0 Å². The van der Waals surface area contributed by atoms with E-state index in [2.05, 4.69) is 0 Å². The van der Waals surface area contributed by atoms with E-state index in [1.165, 1.54) is 12.1 Å². The van der Waals surface area contributed by atoms with Crippen LogP contribution in [0.3, 0.4) is 0 Å². The lowest BCUT2D eigenvalue weighted by Gasteiger charge is -2.27. The second-order valence-electron chi connectivity index (χ2n) is 5.80. The molecule has 0 aromatic heterocycles. The van der Waals surface area contributed by atoms with E-state index in [1.807, 2.05) is 0 Å². The number of amides is 3. The number of carbonyl (C=O) groups is 3. The molecule has 0 aliphatic carbocycles. The Morgan fingerprint density at radius 1 is 1.21 bits per heavy atom. The number of phenols is 1. The largest absolute Gasteiger partial charge is 0.508 e. The normalized spacial score (nSPS) is 20.1. The summed E-state index contributed by atoms with van der Waals surface area (Å²) in [5, 5.41) is 9.04. The van der Waals surface area contributed by atoms with Crippen molar-refractivity contribution in [2.45, 2.75) is 19.3 Å². The lowest BCUT2D eigenvalue weighted by Crippen LogP contribution is -2.44. The molecule has 0 spiro atoms. The molecule has 2 aliphatic rings. The minimum atomic E-state index is -0.460. The van der Waals surface area contributed by atoms with Crippen molar-refractivity contribution in [1.82, 2.24) is 9.80 Å². The smallest absolute Gasteiger partial charge is 0.294 e. The number of hydrogen-bond acceptors (Lipinski definition) is 5. The molecule has 7 heteroatoms. The summed E-state index contributed by atoms with van der Waals surface area (Å²) in [6.07, 6.45) is 4.59. The second-order valence-corrected chi connectivity index (χ2v) is 6.80. The third-order valence-corrected chi connectivity index (χ3v) is 4.95. The number of hydrogen-bond donors (Lipinski definition) is 1. The molecule has 0 bridgehead atoms. The quantitative estimate of drug-likeness (QED) is 0.851. The molecule has 2 heterocycles. The zero-order chi connectivity index (χ0) is 17.1. The Morgan fingerprint density at radius 3 is 2.67 bits per heavy atom. The molecular weight excluding hydrogens is 328 g/mol. The summed E-state index contributed by atoms with van der Waals surface area (Å²) in [6, 6.07) is 6.42. The zero-order valence-corrected chi connectivity index (χ0v) is 13.9. The molecule has 6 nitrogen and oxygen atoms in total. The van der Waals surface area contributed by atoms with Crippen LogP contribution in [0.2, 0.25) is 0 Å². The van der Waals surface area contributed by atoms with Gasteiger partial charge >= 0.3 is 0 Å². The molecule has 1 aromatic carbocycles. The first-order valence-corrected chi connectivity index (χ1v) is 8.68. The van der Waals surface area contributed by atoms with E-state index in [0.29, 0.717) is 18.7 Å². The predicted molar refractivity (Wildman–Crippen MR) is 91.2 cm³/mol. The number of aromatic hydroxyl groups is 1. The number of benzene rings is 1. The van der Waals surface area contributed by atoms with Gasteiger partial charge in [-0.1, -0.05) is 12.1 Å². The summed E-state index contributed by atoms with van der Waals surface area (Å²) in [6.45, 7) is 1.17. The maximum atomic E-state index is 12.4. The molecule has 0 unspecified atom stereocenters. The van der Waals surface area contributed by atoms with E-state index in [-0.39, 0.29) is 23.1 Å². The fraction of sp³-hybridized carbons (Fsp3) is 0.353. The van der Waals surface area contributed by atoms with Gasteiger partial charge in [0.05, 0.1) is 4.91 Å². The van der Waals surface area contributed by atoms with Crippen LogP contribution in [-0.2, 0) is 9.59 Å². The van der Waals surface area contributed by atoms with Crippen LogP contribution >= 0.6 is 11.8 Å². The van der Waals surface area contributed by atoms with Crippen LogP contribution in [0.4, 0.5) is 4.79 Å². The van der Waals surface area contributed by atoms with E-state index < -0.39 is 11.1 Å². The molecule has 0 saturated carbocycles. The maximum absolute atomic E-state index is 12.4. The molecule has 3 rings (SSSR count). The summed E-state index contributed by atoms with van der Waals surface area (Å²) in [4.78, 5) is 39.7. The third-order valence-electron chi connectivity index (χ3n) is 4.04. The Kier molecular flexibility index (Phi) is 4.89. The number of piperidine rings is 1. The van der Waals surface area contributed by atoms with E-state index >= 15 is 0 Å². The van der Waals surface area contributed by atoms with Crippen LogP contribution in [-0.4, -0.2) is 51.6 Å². The average molecular weight is 346 g/mol. The molecule has 1 aromatic rings. The molecule has 2 saturated heterocycles. The minimum Gasteiger partial charge on any atom is -0.508 e. The molecule has 0 atom stereocenters. The predicted octanol–water partition coefficient (Wildman–Crippen LogP) is 2.44. The van der Waals surface area contributed by atoms with Crippen LogP contribution in [0.15, 0.2) is 29.2 Å². The van der Waals surface area contributed by atoms with Crippen molar-refractivity contribution in [2.75, 3.05) is 19.6 Å². The number of likely N-dealkylation sites (tertiary alicyclic amines) is 1. The van der Waals surface area contributed by atoms with Gasteiger partial charge in [-0.05, 0) is 54.8 Å². The topological polar surface area (TPSA) is 77.9 Å². The number of carbonyl (C=O) groups excluding carboxylic acids is 3. The Balaban J connectivity index is 1.71. The van der Waals surface area contributed by atoms with E-state index in [4.69, 9.17) is 0 Å². The fourth-order valence-electron chi connectivity index (χ4n) is 2.78. The Labute approximate surface area is 144 Å². The summed E-state index contributed by atoms with van der Waals surface area (Å²) in [5.74, 6) is -0.558. The van der Waals surface area contributed by atoms with Gasteiger partial charge in [-0.2, -0.15) is 0 Å². The highest BCUT2D eigenvalue weighted by Crippen LogP contribution is 2.32. The molecule has 126 valence electrons. The average Bonchev–Trinajstić information content (AvgIpc) is 2.83. The first kappa shape index (κ1) is 16.6. The van der Waals surface area contributed by atoms with Crippen molar-refractivity contribution in [3.63, 3.8) is 0 Å². The van der Waals surface area contributed by atoms with Crippen LogP contribution in [0.1, 0.15) is 24.8 Å². The van der Waals surface area contributed by atoms with E-state index in [0.717, 1.165) is 35.9 Å². The van der Waals surface area contributed by atoms with Crippen molar-refractivity contribution >= 4 is 34.9 Å². The van der Waals surface area contributed by atoms with Gasteiger partial charge in [0, 0.05) is 13.1 Å². The van der Waals surface area contributed by atoms with Gasteiger partial charge in [0.2, 0.25) is 5.91 Å². The van der Waals surface area contributed by atoms with Crippen molar-refractivity contribution in [3.8, 4) is 5.75 Å². The molecular formula is C17H18N2O4S.